The van der Waals surface area contributed by atoms with Crippen LogP contribution in [0.25, 0.3) is 0 Å². The molecule has 2 atom stereocenters. The fourth-order valence-corrected chi connectivity index (χ4v) is 3.14. The summed E-state index contributed by atoms with van der Waals surface area (Å²) >= 11 is 0. The summed E-state index contributed by atoms with van der Waals surface area (Å²) in [7, 11) is 0. The highest BCUT2D eigenvalue weighted by Gasteiger charge is 2.35. The monoisotopic (exact) mass is 241 g/mol. The minimum atomic E-state index is -0.649. The molecule has 0 aliphatic carbocycles. The summed E-state index contributed by atoms with van der Waals surface area (Å²) < 4.78 is 5.35. The number of rotatable bonds is 3. The van der Waals surface area contributed by atoms with Crippen molar-refractivity contribution in [1.29, 1.82) is 0 Å². The number of nitrogens with zero attached hydrogens (tertiary/aromatic N) is 1. The largest absolute Gasteiger partial charge is 0.480 e. The molecule has 2 fully saturated rings. The molecule has 1 N–H and O–H groups in total. The molecule has 4 nitrogen and oxygen atoms in total. The van der Waals surface area contributed by atoms with Crippen LogP contribution in [0.5, 0.6) is 0 Å². The Hall–Kier alpha value is -0.610. The zero-order valence-corrected chi connectivity index (χ0v) is 10.6. The third-order valence-electron chi connectivity index (χ3n) is 4.12. The van der Waals surface area contributed by atoms with Gasteiger partial charge in [0.1, 0.15) is 6.04 Å². The Morgan fingerprint density at radius 1 is 1.35 bits per heavy atom. The van der Waals surface area contributed by atoms with Crippen molar-refractivity contribution >= 4 is 5.97 Å². The molecule has 98 valence electrons. The lowest BCUT2D eigenvalue weighted by Crippen LogP contribution is -2.51. The van der Waals surface area contributed by atoms with E-state index in [1.807, 2.05) is 0 Å². The van der Waals surface area contributed by atoms with E-state index in [1.54, 1.807) is 0 Å². The van der Waals surface area contributed by atoms with Crippen molar-refractivity contribution in [3.8, 4) is 0 Å². The van der Waals surface area contributed by atoms with Crippen molar-refractivity contribution in [1.82, 2.24) is 4.90 Å². The molecular formula is C13H23NO3. The van der Waals surface area contributed by atoms with E-state index >= 15 is 0 Å². The molecule has 0 aromatic rings. The van der Waals surface area contributed by atoms with Crippen molar-refractivity contribution in [2.45, 2.75) is 38.6 Å². The zero-order valence-electron chi connectivity index (χ0n) is 10.6. The van der Waals surface area contributed by atoms with Crippen LogP contribution in [0.2, 0.25) is 0 Å². The van der Waals surface area contributed by atoms with Gasteiger partial charge in [-0.05, 0) is 44.1 Å². The number of likely N-dealkylation sites (tertiary alicyclic amines) is 1. The molecule has 0 aromatic heterocycles. The summed E-state index contributed by atoms with van der Waals surface area (Å²) in [6, 6.07) is -0.272. The standard InChI is InChI=1S/C13H23NO3/c1-10-3-2-6-14(12(10)13(15)16)9-11-4-7-17-8-5-11/h10-12H,2-9H2,1H3,(H,15,16). The lowest BCUT2D eigenvalue weighted by molar-refractivity contribution is -0.147. The zero-order chi connectivity index (χ0) is 12.3. The van der Waals surface area contributed by atoms with Crippen molar-refractivity contribution in [3.05, 3.63) is 0 Å². The quantitative estimate of drug-likeness (QED) is 0.815. The van der Waals surface area contributed by atoms with Gasteiger partial charge in [-0.3, -0.25) is 9.69 Å². The van der Waals surface area contributed by atoms with Crippen LogP contribution in [-0.4, -0.2) is 48.3 Å². The van der Waals surface area contributed by atoms with Gasteiger partial charge in [-0.1, -0.05) is 6.92 Å². The Bertz CT molecular complexity index is 263. The second-order valence-electron chi connectivity index (χ2n) is 5.45. The molecule has 0 radical (unpaired) electrons. The van der Waals surface area contributed by atoms with Crippen LogP contribution < -0.4 is 0 Å². The SMILES string of the molecule is CC1CCCN(CC2CCOCC2)C1C(=O)O. The van der Waals surface area contributed by atoms with Gasteiger partial charge in [-0.2, -0.15) is 0 Å². The molecule has 2 rings (SSSR count). The van der Waals surface area contributed by atoms with Gasteiger partial charge < -0.3 is 9.84 Å². The first-order valence-electron chi connectivity index (χ1n) is 6.73. The van der Waals surface area contributed by atoms with Gasteiger partial charge in [0.05, 0.1) is 0 Å². The third kappa shape index (κ3) is 3.19. The Morgan fingerprint density at radius 2 is 2.06 bits per heavy atom. The normalized spacial score (nSPS) is 32.5. The van der Waals surface area contributed by atoms with Crippen molar-refractivity contribution in [3.63, 3.8) is 0 Å². The molecule has 0 saturated carbocycles. The average Bonchev–Trinajstić information content (AvgIpc) is 2.30. The Kier molecular flexibility index (Phi) is 4.40. The number of carbonyl (C=O) groups is 1. The highest BCUT2D eigenvalue weighted by molar-refractivity contribution is 5.74. The van der Waals surface area contributed by atoms with Crippen LogP contribution in [0.3, 0.4) is 0 Å². The lowest BCUT2D eigenvalue weighted by atomic mass is 9.89. The van der Waals surface area contributed by atoms with Gasteiger partial charge in [-0.25, -0.2) is 0 Å². The van der Waals surface area contributed by atoms with Crippen LogP contribution in [0, 0.1) is 11.8 Å². The van der Waals surface area contributed by atoms with Crippen LogP contribution in [0.4, 0.5) is 0 Å². The number of carboxylic acid groups (broad SMARTS) is 1. The molecule has 0 amide bonds. The van der Waals surface area contributed by atoms with E-state index in [4.69, 9.17) is 4.74 Å². The Labute approximate surface area is 103 Å². The third-order valence-corrected chi connectivity index (χ3v) is 4.12. The predicted octanol–water partition coefficient (Wildman–Crippen LogP) is 1.60. The van der Waals surface area contributed by atoms with Gasteiger partial charge in [-0.15, -0.1) is 0 Å². The van der Waals surface area contributed by atoms with Crippen LogP contribution in [-0.2, 0) is 9.53 Å². The van der Waals surface area contributed by atoms with E-state index in [9.17, 15) is 9.90 Å². The molecule has 2 aliphatic rings. The van der Waals surface area contributed by atoms with E-state index in [0.29, 0.717) is 5.92 Å². The molecule has 0 bridgehead atoms. The number of aliphatic carboxylic acids is 1. The molecule has 2 unspecified atom stereocenters. The highest BCUT2D eigenvalue weighted by atomic mass is 16.5. The van der Waals surface area contributed by atoms with Crippen molar-refractivity contribution in [2.24, 2.45) is 11.8 Å². The first kappa shape index (κ1) is 12.8. The smallest absolute Gasteiger partial charge is 0.321 e. The van der Waals surface area contributed by atoms with Crippen LogP contribution in [0.1, 0.15) is 32.6 Å². The topological polar surface area (TPSA) is 49.8 Å². The van der Waals surface area contributed by atoms with Crippen LogP contribution in [0.15, 0.2) is 0 Å². The molecule has 0 aromatic carbocycles. The van der Waals surface area contributed by atoms with E-state index in [0.717, 1.165) is 52.0 Å². The van der Waals surface area contributed by atoms with Gasteiger partial charge in [0.2, 0.25) is 0 Å². The van der Waals surface area contributed by atoms with Crippen molar-refractivity contribution < 1.29 is 14.6 Å². The second kappa shape index (κ2) is 5.83. The Morgan fingerprint density at radius 3 is 2.71 bits per heavy atom. The number of carboxylic acids is 1. The summed E-state index contributed by atoms with van der Waals surface area (Å²) in [6.45, 7) is 5.62. The fraction of sp³-hybridized carbons (Fsp3) is 0.923. The number of hydrogen-bond acceptors (Lipinski definition) is 3. The summed E-state index contributed by atoms with van der Waals surface area (Å²) in [6.07, 6.45) is 4.34. The molecular weight excluding hydrogens is 218 g/mol. The summed E-state index contributed by atoms with van der Waals surface area (Å²) in [4.78, 5) is 13.5. The molecule has 2 heterocycles. The number of piperidine rings is 1. The lowest BCUT2D eigenvalue weighted by Gasteiger charge is -2.39. The van der Waals surface area contributed by atoms with Crippen LogP contribution >= 0.6 is 0 Å². The molecule has 0 spiro atoms. The number of hydrogen-bond donors (Lipinski definition) is 1. The first-order valence-corrected chi connectivity index (χ1v) is 6.73. The maximum absolute atomic E-state index is 11.4. The summed E-state index contributed by atoms with van der Waals surface area (Å²) in [5.41, 5.74) is 0. The van der Waals surface area contributed by atoms with E-state index in [-0.39, 0.29) is 12.0 Å². The summed E-state index contributed by atoms with van der Waals surface area (Å²) in [5.74, 6) is 0.251. The maximum atomic E-state index is 11.4. The minimum absolute atomic E-state index is 0.272. The van der Waals surface area contributed by atoms with Gasteiger partial charge in [0.15, 0.2) is 0 Å². The highest BCUT2D eigenvalue weighted by Crippen LogP contribution is 2.26. The minimum Gasteiger partial charge on any atom is -0.480 e. The van der Waals surface area contributed by atoms with Crippen molar-refractivity contribution in [2.75, 3.05) is 26.3 Å². The predicted molar refractivity (Wildman–Crippen MR) is 64.9 cm³/mol. The average molecular weight is 241 g/mol. The molecule has 17 heavy (non-hydrogen) atoms. The number of ether oxygens (including phenoxy) is 1. The van der Waals surface area contributed by atoms with Gasteiger partial charge in [0, 0.05) is 19.8 Å². The van der Waals surface area contributed by atoms with Gasteiger partial charge in [0.25, 0.3) is 0 Å². The fourth-order valence-electron chi connectivity index (χ4n) is 3.14. The second-order valence-corrected chi connectivity index (χ2v) is 5.45. The summed E-state index contributed by atoms with van der Waals surface area (Å²) in [5, 5.41) is 9.34. The van der Waals surface area contributed by atoms with Gasteiger partial charge >= 0.3 is 5.97 Å². The first-order chi connectivity index (χ1) is 8.18. The molecule has 2 aliphatic heterocycles. The van der Waals surface area contributed by atoms with E-state index in [2.05, 4.69) is 11.8 Å². The Balaban J connectivity index is 1.94. The maximum Gasteiger partial charge on any atom is 0.321 e. The molecule has 4 heteroatoms. The van der Waals surface area contributed by atoms with E-state index < -0.39 is 5.97 Å². The molecule has 2 saturated heterocycles. The van der Waals surface area contributed by atoms with E-state index in [1.165, 1.54) is 0 Å².